The molecule has 0 atom stereocenters. The van der Waals surface area contributed by atoms with Gasteiger partial charge in [-0.3, -0.25) is 9.59 Å². The van der Waals surface area contributed by atoms with Crippen molar-refractivity contribution in [3.05, 3.63) is 35.3 Å². The first-order valence-electron chi connectivity index (χ1n) is 15.5. The lowest BCUT2D eigenvalue weighted by Gasteiger charge is -2.52. The van der Waals surface area contributed by atoms with Crippen molar-refractivity contribution in [2.24, 2.45) is 5.41 Å². The molecule has 2 fully saturated rings. The van der Waals surface area contributed by atoms with Crippen molar-refractivity contribution in [3.63, 3.8) is 0 Å². The van der Waals surface area contributed by atoms with Crippen LogP contribution >= 0.6 is 0 Å². The fraction of sp³-hybridized carbons (Fsp3) is 0.594. The zero-order chi connectivity index (χ0) is 33.8. The minimum Gasteiger partial charge on any atom is -0.444 e. The van der Waals surface area contributed by atoms with Gasteiger partial charge in [0, 0.05) is 37.9 Å². The van der Waals surface area contributed by atoms with Gasteiger partial charge in [0.15, 0.2) is 5.82 Å². The van der Waals surface area contributed by atoms with E-state index in [4.69, 9.17) is 4.74 Å². The molecule has 14 heteroatoms. The maximum Gasteiger partial charge on any atom is 0.410 e. The molecule has 250 valence electrons. The Labute approximate surface area is 266 Å². The number of ether oxygens (including phenoxy) is 1. The van der Waals surface area contributed by atoms with E-state index in [0.717, 1.165) is 30.6 Å². The second-order valence-electron chi connectivity index (χ2n) is 14.0. The molecule has 1 spiro atoms. The van der Waals surface area contributed by atoms with Crippen molar-refractivity contribution in [3.8, 4) is 0 Å². The van der Waals surface area contributed by atoms with Crippen LogP contribution in [0.25, 0.3) is 0 Å². The molecule has 1 saturated carbocycles. The van der Waals surface area contributed by atoms with E-state index in [1.807, 2.05) is 20.8 Å². The Hall–Kier alpha value is -4.10. The summed E-state index contributed by atoms with van der Waals surface area (Å²) < 4.78 is 50.0. The third-order valence-electron chi connectivity index (χ3n) is 8.97. The minimum absolute atomic E-state index is 0.0210. The van der Waals surface area contributed by atoms with Gasteiger partial charge >= 0.3 is 12.0 Å². The second kappa shape index (κ2) is 11.9. The van der Waals surface area contributed by atoms with Crippen molar-refractivity contribution in [1.29, 1.82) is 0 Å². The Kier molecular flexibility index (Phi) is 8.62. The quantitative estimate of drug-likeness (QED) is 0.444. The van der Waals surface area contributed by atoms with Gasteiger partial charge in [0.05, 0.1) is 18.3 Å². The first-order chi connectivity index (χ1) is 21.4. The van der Waals surface area contributed by atoms with Crippen LogP contribution in [-0.4, -0.2) is 83.1 Å². The van der Waals surface area contributed by atoms with Crippen LogP contribution in [0.5, 0.6) is 0 Å². The number of carbonyl (C=O) groups is 3. The van der Waals surface area contributed by atoms with Crippen LogP contribution in [0, 0.1) is 18.2 Å². The molecule has 2 N–H and O–H groups in total. The highest BCUT2D eigenvalue weighted by atomic mass is 19.3. The summed E-state index contributed by atoms with van der Waals surface area (Å²) >= 11 is 0. The molecule has 0 radical (unpaired) electrons. The molecule has 1 aliphatic carbocycles. The number of hydrogen-bond donors (Lipinski definition) is 2. The highest BCUT2D eigenvalue weighted by Gasteiger charge is 2.48. The number of anilines is 4. The van der Waals surface area contributed by atoms with E-state index in [0.29, 0.717) is 24.3 Å². The highest BCUT2D eigenvalue weighted by molar-refractivity contribution is 6.02. The molecule has 5 rings (SSSR count). The number of alkyl halides is 2. The zero-order valence-electron chi connectivity index (χ0n) is 27.3. The summed E-state index contributed by atoms with van der Waals surface area (Å²) in [6.07, 6.45) is 4.13. The lowest BCUT2D eigenvalue weighted by atomic mass is 9.60. The largest absolute Gasteiger partial charge is 0.444 e. The van der Waals surface area contributed by atoms with E-state index < -0.39 is 41.7 Å². The Balaban J connectivity index is 1.22. The maximum atomic E-state index is 15.3. The van der Waals surface area contributed by atoms with E-state index >= 15 is 4.39 Å². The van der Waals surface area contributed by atoms with Crippen molar-refractivity contribution < 1.29 is 32.3 Å². The summed E-state index contributed by atoms with van der Waals surface area (Å²) in [5.74, 6) is -6.07. The fourth-order valence-corrected chi connectivity index (χ4v) is 6.37. The van der Waals surface area contributed by atoms with Gasteiger partial charge in [-0.2, -0.15) is 13.8 Å². The van der Waals surface area contributed by atoms with E-state index in [9.17, 15) is 23.2 Å². The van der Waals surface area contributed by atoms with Crippen LogP contribution in [0.4, 0.5) is 41.1 Å². The van der Waals surface area contributed by atoms with Crippen molar-refractivity contribution in [2.45, 2.75) is 90.8 Å². The number of aromatic nitrogens is 2. The molecule has 3 amide bonds. The minimum atomic E-state index is -3.62. The highest BCUT2D eigenvalue weighted by Crippen LogP contribution is 2.49. The van der Waals surface area contributed by atoms with Gasteiger partial charge in [0.2, 0.25) is 5.95 Å². The van der Waals surface area contributed by atoms with Gasteiger partial charge < -0.3 is 30.1 Å². The van der Waals surface area contributed by atoms with Crippen LogP contribution in [0.1, 0.15) is 76.2 Å². The maximum absolute atomic E-state index is 15.3. The monoisotopic (exact) mass is 645 g/mol. The van der Waals surface area contributed by atoms with Crippen molar-refractivity contribution in [2.75, 3.05) is 41.8 Å². The number of carbonyl (C=O) groups excluding carboxylic acids is 3. The molecule has 2 aromatic rings. The third-order valence-corrected chi connectivity index (χ3v) is 8.97. The summed E-state index contributed by atoms with van der Waals surface area (Å²) in [4.78, 5) is 50.4. The molecule has 46 heavy (non-hydrogen) atoms. The summed E-state index contributed by atoms with van der Waals surface area (Å²) in [6, 6.07) is 2.13. The lowest BCUT2D eigenvalue weighted by molar-refractivity contribution is -0.140. The molecule has 1 saturated heterocycles. The molecule has 1 aromatic heterocycles. The summed E-state index contributed by atoms with van der Waals surface area (Å²) in [7, 11) is 1.25. The number of nitrogens with one attached hydrogen (secondary N) is 2. The van der Waals surface area contributed by atoms with Crippen LogP contribution in [0.3, 0.4) is 0 Å². The average molecular weight is 646 g/mol. The third kappa shape index (κ3) is 6.70. The average Bonchev–Trinajstić information content (AvgIpc) is 3.02. The molecule has 11 nitrogen and oxygen atoms in total. The predicted molar refractivity (Wildman–Crippen MR) is 167 cm³/mol. The number of rotatable bonds is 5. The number of hydrogen-bond acceptors (Lipinski definition) is 8. The van der Waals surface area contributed by atoms with Crippen LogP contribution in [0.2, 0.25) is 0 Å². The van der Waals surface area contributed by atoms with Gasteiger partial charge in [-0.25, -0.2) is 14.2 Å². The number of halogens is 3. The Morgan fingerprint density at radius 1 is 1.13 bits per heavy atom. The summed E-state index contributed by atoms with van der Waals surface area (Å²) in [6.45, 7) is 11.0. The van der Waals surface area contributed by atoms with Crippen LogP contribution < -0.4 is 20.4 Å². The lowest BCUT2D eigenvalue weighted by Crippen LogP contribution is -2.55. The van der Waals surface area contributed by atoms with Crippen molar-refractivity contribution in [1.82, 2.24) is 20.2 Å². The summed E-state index contributed by atoms with van der Waals surface area (Å²) in [5.41, 5.74) is 0.377. The van der Waals surface area contributed by atoms with Gasteiger partial charge in [0.1, 0.15) is 17.1 Å². The number of amides is 3. The topological polar surface area (TPSA) is 120 Å². The van der Waals surface area contributed by atoms with Gasteiger partial charge in [0.25, 0.3) is 11.8 Å². The van der Waals surface area contributed by atoms with Crippen LogP contribution in [-0.2, 0) is 9.53 Å². The first kappa shape index (κ1) is 33.3. The smallest absolute Gasteiger partial charge is 0.410 e. The number of nitrogens with zero attached hydrogens (tertiary/aromatic N) is 5. The first-order valence-corrected chi connectivity index (χ1v) is 15.5. The van der Waals surface area contributed by atoms with Crippen molar-refractivity contribution >= 4 is 41.0 Å². The number of piperidine rings is 1. The second-order valence-corrected chi connectivity index (χ2v) is 14.0. The van der Waals surface area contributed by atoms with E-state index in [1.165, 1.54) is 30.3 Å². The number of aryl methyl sites for hydroxylation is 1. The Morgan fingerprint density at radius 2 is 1.78 bits per heavy atom. The van der Waals surface area contributed by atoms with Gasteiger partial charge in [-0.1, -0.05) is 0 Å². The Morgan fingerprint density at radius 3 is 2.39 bits per heavy atom. The van der Waals surface area contributed by atoms with Gasteiger partial charge in [-0.05, 0) is 90.3 Å². The molecule has 0 unspecified atom stereocenters. The molecule has 3 heterocycles. The molecule has 3 aliphatic rings. The molecular weight excluding hydrogens is 603 g/mol. The number of fused-ring (bicyclic) bond motifs is 1. The van der Waals surface area contributed by atoms with Crippen LogP contribution in [0.15, 0.2) is 18.3 Å². The zero-order valence-corrected chi connectivity index (χ0v) is 27.3. The predicted octanol–water partition coefficient (Wildman–Crippen LogP) is 5.40. The fourth-order valence-electron chi connectivity index (χ4n) is 6.37. The summed E-state index contributed by atoms with van der Waals surface area (Å²) in [5, 5.41) is 5.88. The van der Waals surface area contributed by atoms with E-state index in [2.05, 4.69) is 20.6 Å². The van der Waals surface area contributed by atoms with E-state index in [-0.39, 0.29) is 40.6 Å². The molecule has 2 aliphatic heterocycles. The SMILES string of the molecule is Cc1cc(C(=O)NC2CC3(CCN(C(=O)OC(C)(C)C)CC3)C2)c(F)cc1Nc1ncc2c(n1)N(C(C)C)CC(F)(F)C(=O)N2C. The standard InChI is InChI=1S/C32H42F3N7O4/c1-18(2)42-17-32(34,35)27(44)40(7)24-16-36-28(39-25(24)42)38-23-13-22(33)21(12-19(23)3)26(43)37-20-14-31(15-20)8-10-41(11-9-31)29(45)46-30(4,5)6/h12-13,16,18,20H,8-11,14-15,17H2,1-7H3,(H,37,43)(H,36,38,39). The number of benzene rings is 1. The molecule has 1 aromatic carbocycles. The molecular formula is C32H42F3N7O4. The number of likely N-dealkylation sites (tertiary alicyclic amines) is 1. The van der Waals surface area contributed by atoms with Gasteiger partial charge in [-0.15, -0.1) is 0 Å². The molecule has 0 bridgehead atoms. The van der Waals surface area contributed by atoms with E-state index in [1.54, 1.807) is 25.7 Å². The normalized spacial score (nSPS) is 19.5. The Bertz CT molecular complexity index is 1530.